The molecule has 30 heavy (non-hydrogen) atoms. The maximum Gasteiger partial charge on any atom is 0.247 e. The normalized spacial score (nSPS) is 11.2. The van der Waals surface area contributed by atoms with Gasteiger partial charge in [0, 0.05) is 16.6 Å². The van der Waals surface area contributed by atoms with Gasteiger partial charge in [0.15, 0.2) is 0 Å². The van der Waals surface area contributed by atoms with Crippen LogP contribution in [-0.2, 0) is 17.9 Å². The van der Waals surface area contributed by atoms with Crippen molar-refractivity contribution in [2.45, 2.75) is 13.1 Å². The second kappa shape index (κ2) is 7.28. The molecule has 0 aliphatic carbocycles. The Morgan fingerprint density at radius 3 is 2.67 bits per heavy atom. The topological polar surface area (TPSA) is 118 Å². The largest absolute Gasteiger partial charge is 0.368 e. The fourth-order valence-electron chi connectivity index (χ4n) is 3.41. The van der Waals surface area contributed by atoms with Gasteiger partial charge in [-0.2, -0.15) is 4.98 Å². The van der Waals surface area contributed by atoms with Crippen molar-refractivity contribution in [1.29, 1.82) is 0 Å². The minimum Gasteiger partial charge on any atom is -0.368 e. The molecule has 0 atom stereocenters. The van der Waals surface area contributed by atoms with Crippen LogP contribution >= 0.6 is 0 Å². The summed E-state index contributed by atoms with van der Waals surface area (Å²) < 4.78 is 8.93. The molecular weight excluding hydrogens is 382 g/mol. The molecule has 5 rings (SSSR count). The van der Waals surface area contributed by atoms with E-state index in [2.05, 4.69) is 55.1 Å². The molecule has 0 aliphatic heterocycles. The van der Waals surface area contributed by atoms with Gasteiger partial charge in [0.1, 0.15) is 19.4 Å². The van der Waals surface area contributed by atoms with E-state index in [1.165, 1.54) is 11.0 Å². The maximum absolute atomic E-state index is 11.0. The summed E-state index contributed by atoms with van der Waals surface area (Å²) in [6.07, 6.45) is 1.41. The van der Waals surface area contributed by atoms with Gasteiger partial charge in [-0.1, -0.05) is 53.7 Å². The summed E-state index contributed by atoms with van der Waals surface area (Å²) in [6, 6.07) is 20.5. The van der Waals surface area contributed by atoms with Gasteiger partial charge in [-0.05, 0) is 17.7 Å². The highest BCUT2D eigenvalue weighted by Gasteiger charge is 2.17. The summed E-state index contributed by atoms with van der Waals surface area (Å²) in [5.74, 6) is 0.445. The van der Waals surface area contributed by atoms with Crippen molar-refractivity contribution in [3.63, 3.8) is 0 Å². The molecule has 0 fully saturated rings. The number of rotatable bonds is 6. The Morgan fingerprint density at radius 2 is 1.83 bits per heavy atom. The number of hydrogen-bond acceptors (Lipinski definition) is 6. The van der Waals surface area contributed by atoms with Crippen LogP contribution < -0.4 is 5.73 Å². The van der Waals surface area contributed by atoms with Crippen LogP contribution in [0.15, 0.2) is 71.5 Å². The van der Waals surface area contributed by atoms with Crippen LogP contribution in [0, 0.1) is 0 Å². The van der Waals surface area contributed by atoms with Crippen molar-refractivity contribution < 1.29 is 9.32 Å². The molecule has 0 saturated heterocycles. The summed E-state index contributed by atoms with van der Waals surface area (Å²) in [5.41, 5.74) is 8.40. The molecule has 0 spiro atoms. The molecule has 9 nitrogen and oxygen atoms in total. The predicted octanol–water partition coefficient (Wildman–Crippen LogP) is 2.48. The number of carbonyl (C=O) groups is 1. The summed E-state index contributed by atoms with van der Waals surface area (Å²) in [6.45, 7) is 0.334. The zero-order chi connectivity index (χ0) is 20.5. The second-order valence-electron chi connectivity index (χ2n) is 6.78. The SMILES string of the molecule is NC(=O)Cn1cnc(-c2noc(Cn3c(-c4ccccc4)cc4ccccc43)n2)n1. The molecule has 0 radical (unpaired) electrons. The van der Waals surface area contributed by atoms with Crippen molar-refractivity contribution in [3.05, 3.63) is 72.9 Å². The van der Waals surface area contributed by atoms with Crippen LogP contribution in [0.3, 0.4) is 0 Å². The molecule has 3 aromatic heterocycles. The van der Waals surface area contributed by atoms with Crippen LogP contribution in [0.4, 0.5) is 0 Å². The average Bonchev–Trinajstić information content (AvgIpc) is 3.48. The monoisotopic (exact) mass is 399 g/mol. The van der Waals surface area contributed by atoms with Gasteiger partial charge in [-0.15, -0.1) is 5.10 Å². The van der Waals surface area contributed by atoms with Crippen molar-refractivity contribution in [1.82, 2.24) is 29.5 Å². The van der Waals surface area contributed by atoms with E-state index in [9.17, 15) is 4.79 Å². The van der Waals surface area contributed by atoms with Crippen LogP contribution in [-0.4, -0.2) is 35.4 Å². The molecule has 2 aromatic carbocycles. The lowest BCUT2D eigenvalue weighted by atomic mass is 10.1. The first-order valence-corrected chi connectivity index (χ1v) is 9.32. The Labute approximate surface area is 170 Å². The molecule has 0 saturated carbocycles. The van der Waals surface area contributed by atoms with Crippen LogP contribution in [0.5, 0.6) is 0 Å². The summed E-state index contributed by atoms with van der Waals surface area (Å²) >= 11 is 0. The molecule has 148 valence electrons. The summed E-state index contributed by atoms with van der Waals surface area (Å²) in [7, 11) is 0. The highest BCUT2D eigenvalue weighted by molar-refractivity contribution is 5.87. The third-order valence-electron chi connectivity index (χ3n) is 4.70. The van der Waals surface area contributed by atoms with Gasteiger partial charge in [0.25, 0.3) is 0 Å². The van der Waals surface area contributed by atoms with Crippen molar-refractivity contribution in [3.8, 4) is 22.9 Å². The number of aromatic nitrogens is 6. The first-order valence-electron chi connectivity index (χ1n) is 9.32. The van der Waals surface area contributed by atoms with Gasteiger partial charge < -0.3 is 14.8 Å². The second-order valence-corrected chi connectivity index (χ2v) is 6.78. The minimum absolute atomic E-state index is 0.0620. The van der Waals surface area contributed by atoms with Gasteiger partial charge in [0.05, 0.1) is 0 Å². The van der Waals surface area contributed by atoms with E-state index in [4.69, 9.17) is 10.3 Å². The Kier molecular flexibility index (Phi) is 4.32. The lowest BCUT2D eigenvalue weighted by Gasteiger charge is -2.08. The number of benzene rings is 2. The first kappa shape index (κ1) is 17.8. The molecule has 9 heteroatoms. The number of primary amides is 1. The van der Waals surface area contributed by atoms with E-state index in [1.807, 2.05) is 30.3 Å². The van der Waals surface area contributed by atoms with Gasteiger partial charge >= 0.3 is 0 Å². The highest BCUT2D eigenvalue weighted by Crippen LogP contribution is 2.29. The number of nitrogens with zero attached hydrogens (tertiary/aromatic N) is 6. The zero-order valence-corrected chi connectivity index (χ0v) is 15.8. The summed E-state index contributed by atoms with van der Waals surface area (Å²) in [5, 5.41) is 9.27. The highest BCUT2D eigenvalue weighted by atomic mass is 16.5. The Bertz CT molecular complexity index is 1330. The Morgan fingerprint density at radius 1 is 1.03 bits per heavy atom. The van der Waals surface area contributed by atoms with Crippen molar-refractivity contribution in [2.75, 3.05) is 0 Å². The number of hydrogen-bond donors (Lipinski definition) is 1. The lowest BCUT2D eigenvalue weighted by molar-refractivity contribution is -0.118. The van der Waals surface area contributed by atoms with Crippen LogP contribution in [0.2, 0.25) is 0 Å². The predicted molar refractivity (Wildman–Crippen MR) is 109 cm³/mol. The van der Waals surface area contributed by atoms with E-state index < -0.39 is 5.91 Å². The smallest absolute Gasteiger partial charge is 0.247 e. The number of para-hydroxylation sites is 1. The fourth-order valence-corrected chi connectivity index (χ4v) is 3.41. The third-order valence-corrected chi connectivity index (χ3v) is 4.70. The number of carbonyl (C=O) groups excluding carboxylic acids is 1. The van der Waals surface area contributed by atoms with E-state index in [1.54, 1.807) is 0 Å². The maximum atomic E-state index is 11.0. The van der Waals surface area contributed by atoms with Gasteiger partial charge in [-0.25, -0.2) is 9.67 Å². The van der Waals surface area contributed by atoms with E-state index in [-0.39, 0.29) is 18.2 Å². The zero-order valence-electron chi connectivity index (χ0n) is 15.8. The fraction of sp³-hybridized carbons (Fsp3) is 0.0952. The summed E-state index contributed by atoms with van der Waals surface area (Å²) in [4.78, 5) is 19.6. The van der Waals surface area contributed by atoms with Crippen molar-refractivity contribution in [2.24, 2.45) is 5.73 Å². The molecule has 0 aliphatic rings. The van der Waals surface area contributed by atoms with Gasteiger partial charge in [0.2, 0.25) is 23.4 Å². The quantitative estimate of drug-likeness (QED) is 0.469. The van der Waals surface area contributed by atoms with Crippen LogP contribution in [0.25, 0.3) is 33.8 Å². The van der Waals surface area contributed by atoms with E-state index in [0.29, 0.717) is 12.4 Å². The lowest BCUT2D eigenvalue weighted by Crippen LogP contribution is -2.18. The molecule has 2 N–H and O–H groups in total. The van der Waals surface area contributed by atoms with Gasteiger partial charge in [-0.3, -0.25) is 4.79 Å². The van der Waals surface area contributed by atoms with E-state index in [0.717, 1.165) is 22.2 Å². The molecule has 3 heterocycles. The van der Waals surface area contributed by atoms with Crippen LogP contribution in [0.1, 0.15) is 5.89 Å². The first-order chi connectivity index (χ1) is 14.7. The minimum atomic E-state index is -0.506. The molecule has 1 amide bonds. The van der Waals surface area contributed by atoms with Crippen molar-refractivity contribution >= 4 is 16.8 Å². The number of amides is 1. The molecule has 0 unspecified atom stereocenters. The molecule has 5 aromatic rings. The Hall–Kier alpha value is -4.27. The molecule has 0 bridgehead atoms. The average molecular weight is 399 g/mol. The third kappa shape index (κ3) is 3.32. The number of fused-ring (bicyclic) bond motifs is 1. The number of nitrogens with two attached hydrogens (primary N) is 1. The Balaban J connectivity index is 1.49. The molecular formula is C21H17N7O2. The standard InChI is InChI=1S/C21H17N7O2/c22-18(29)11-27-13-23-20(25-27)21-24-19(30-26-21)12-28-16-9-5-4-8-15(16)10-17(28)14-6-2-1-3-7-14/h1-10,13H,11-12H2,(H2,22,29). The van der Waals surface area contributed by atoms with E-state index >= 15 is 0 Å².